The second-order valence-electron chi connectivity index (χ2n) is 6.29. The number of rotatable bonds is 2. The molecule has 6 heteroatoms. The first kappa shape index (κ1) is 13.5. The fourth-order valence-corrected chi connectivity index (χ4v) is 3.90. The number of nitrogens with zero attached hydrogens (tertiary/aromatic N) is 3. The lowest BCUT2D eigenvalue weighted by Gasteiger charge is -2.14. The third-order valence-corrected chi connectivity index (χ3v) is 5.02. The maximum Gasteiger partial charge on any atom is 0.222 e. The van der Waals surface area contributed by atoms with Crippen LogP contribution in [0.4, 0.5) is 5.82 Å². The number of carbonyl (C=O) groups is 1. The van der Waals surface area contributed by atoms with Gasteiger partial charge < -0.3 is 15.2 Å². The number of anilines is 1. The highest BCUT2D eigenvalue weighted by atomic mass is 16.1. The molecule has 0 saturated heterocycles. The Bertz CT molecular complexity index is 723. The van der Waals surface area contributed by atoms with E-state index in [0.717, 1.165) is 50.1 Å². The average Bonchev–Trinajstić information content (AvgIpc) is 3.10. The lowest BCUT2D eigenvalue weighted by atomic mass is 10.1. The van der Waals surface area contributed by atoms with Crippen molar-refractivity contribution in [2.45, 2.75) is 38.1 Å². The van der Waals surface area contributed by atoms with E-state index in [4.69, 9.17) is 0 Å². The van der Waals surface area contributed by atoms with Gasteiger partial charge in [-0.3, -0.25) is 4.79 Å². The minimum Gasteiger partial charge on any atom is -0.369 e. The van der Waals surface area contributed by atoms with Crippen molar-refractivity contribution in [2.75, 3.05) is 18.9 Å². The van der Waals surface area contributed by atoms with Crippen LogP contribution in [-0.4, -0.2) is 34.0 Å². The summed E-state index contributed by atoms with van der Waals surface area (Å²) in [5.74, 6) is 1.25. The second-order valence-corrected chi connectivity index (χ2v) is 6.29. The van der Waals surface area contributed by atoms with Crippen molar-refractivity contribution in [3.8, 4) is 0 Å². The fraction of sp³-hybridized carbons (Fsp3) is 0.562. The normalized spacial score (nSPS) is 24.0. The quantitative estimate of drug-likeness (QED) is 0.888. The zero-order chi connectivity index (χ0) is 15.1. The molecule has 2 atom stereocenters. The Balaban J connectivity index is 1.73. The molecule has 1 amide bonds. The second kappa shape index (κ2) is 5.26. The molecule has 1 aliphatic carbocycles. The lowest BCUT2D eigenvalue weighted by Crippen LogP contribution is -2.25. The Morgan fingerprint density at radius 1 is 1.41 bits per heavy atom. The minimum atomic E-state index is 0.128. The van der Waals surface area contributed by atoms with Crippen LogP contribution in [0.2, 0.25) is 0 Å². The highest BCUT2D eigenvalue weighted by Gasteiger charge is 2.32. The Hall–Kier alpha value is -2.11. The van der Waals surface area contributed by atoms with Gasteiger partial charge in [0.2, 0.25) is 5.91 Å². The van der Waals surface area contributed by atoms with E-state index < -0.39 is 0 Å². The van der Waals surface area contributed by atoms with Gasteiger partial charge in [-0.05, 0) is 37.7 Å². The Kier molecular flexibility index (Phi) is 3.24. The van der Waals surface area contributed by atoms with Gasteiger partial charge in [0.25, 0.3) is 0 Å². The highest BCUT2D eigenvalue weighted by Crippen LogP contribution is 2.39. The van der Waals surface area contributed by atoms with Crippen LogP contribution >= 0.6 is 0 Å². The summed E-state index contributed by atoms with van der Waals surface area (Å²) in [5, 5.41) is 7.35. The zero-order valence-electron chi connectivity index (χ0n) is 12.8. The van der Waals surface area contributed by atoms with Crippen molar-refractivity contribution in [1.82, 2.24) is 19.9 Å². The van der Waals surface area contributed by atoms with Crippen LogP contribution in [0.15, 0.2) is 12.5 Å². The number of carbonyl (C=O) groups excluding carboxylic acids is 1. The van der Waals surface area contributed by atoms with Crippen LogP contribution in [0.5, 0.6) is 0 Å². The topological polar surface area (TPSA) is 71.8 Å². The van der Waals surface area contributed by atoms with Crippen molar-refractivity contribution in [3.05, 3.63) is 18.1 Å². The molecule has 3 heterocycles. The van der Waals surface area contributed by atoms with Crippen molar-refractivity contribution >= 4 is 22.8 Å². The summed E-state index contributed by atoms with van der Waals surface area (Å²) >= 11 is 0. The fourth-order valence-electron chi connectivity index (χ4n) is 3.90. The van der Waals surface area contributed by atoms with Gasteiger partial charge in [0, 0.05) is 31.7 Å². The summed E-state index contributed by atoms with van der Waals surface area (Å²) < 4.78 is 2.28. The molecule has 0 spiro atoms. The molecule has 2 aromatic heterocycles. The van der Waals surface area contributed by atoms with E-state index in [-0.39, 0.29) is 11.8 Å². The van der Waals surface area contributed by atoms with E-state index in [9.17, 15) is 4.79 Å². The first-order valence-electron chi connectivity index (χ1n) is 8.08. The van der Waals surface area contributed by atoms with Gasteiger partial charge in [0.05, 0.1) is 5.39 Å². The molecule has 0 aromatic carbocycles. The van der Waals surface area contributed by atoms with Crippen molar-refractivity contribution in [2.24, 2.45) is 5.92 Å². The van der Waals surface area contributed by atoms with Gasteiger partial charge in [0.15, 0.2) is 0 Å². The molecule has 116 valence electrons. The molecule has 4 rings (SSSR count). The number of aryl methyl sites for hydroxylation is 1. The van der Waals surface area contributed by atoms with E-state index in [2.05, 4.69) is 31.4 Å². The monoisotopic (exact) mass is 299 g/mol. The Morgan fingerprint density at radius 2 is 2.32 bits per heavy atom. The van der Waals surface area contributed by atoms with Gasteiger partial charge in [-0.2, -0.15) is 0 Å². The van der Waals surface area contributed by atoms with Gasteiger partial charge in [-0.25, -0.2) is 9.97 Å². The van der Waals surface area contributed by atoms with E-state index in [1.807, 2.05) is 0 Å². The third-order valence-electron chi connectivity index (χ3n) is 5.02. The van der Waals surface area contributed by atoms with E-state index in [1.165, 1.54) is 10.9 Å². The molecule has 2 N–H and O–H groups in total. The molecule has 0 bridgehead atoms. The maximum atomic E-state index is 11.9. The van der Waals surface area contributed by atoms with Gasteiger partial charge in [-0.15, -0.1) is 0 Å². The molecule has 22 heavy (non-hydrogen) atoms. The molecule has 0 radical (unpaired) electrons. The lowest BCUT2D eigenvalue weighted by molar-refractivity contribution is -0.124. The number of nitrogens with one attached hydrogen (secondary N) is 2. The molecular weight excluding hydrogens is 278 g/mol. The van der Waals surface area contributed by atoms with Crippen molar-refractivity contribution in [1.29, 1.82) is 0 Å². The largest absolute Gasteiger partial charge is 0.369 e. The summed E-state index contributed by atoms with van der Waals surface area (Å²) in [4.78, 5) is 20.8. The molecule has 1 aliphatic heterocycles. The van der Waals surface area contributed by atoms with E-state index in [0.29, 0.717) is 6.04 Å². The Labute approximate surface area is 129 Å². The van der Waals surface area contributed by atoms with Crippen LogP contribution in [0.25, 0.3) is 11.0 Å². The van der Waals surface area contributed by atoms with Crippen LogP contribution in [0.1, 0.15) is 37.3 Å². The highest BCUT2D eigenvalue weighted by molar-refractivity contribution is 5.91. The summed E-state index contributed by atoms with van der Waals surface area (Å²) in [6.07, 6.45) is 8.94. The van der Waals surface area contributed by atoms with E-state index in [1.54, 1.807) is 13.4 Å². The van der Waals surface area contributed by atoms with Crippen molar-refractivity contribution < 1.29 is 4.79 Å². The predicted molar refractivity (Wildman–Crippen MR) is 84.8 cm³/mol. The van der Waals surface area contributed by atoms with Gasteiger partial charge in [0.1, 0.15) is 17.8 Å². The SMILES string of the molecule is CNC(=O)C1CCC(n2cc3c4c(ncnc42)NCCC3)C1. The summed E-state index contributed by atoms with van der Waals surface area (Å²) in [6, 6.07) is 0.362. The molecular formula is C16H21N5O. The minimum absolute atomic E-state index is 0.128. The standard InChI is InChI=1S/C16H21N5O/c1-17-16(22)10-4-5-12(7-10)21-8-11-3-2-6-18-14-13(11)15(21)20-9-19-14/h8-10,12H,2-7H2,1H3,(H,17,22)(H,18,19,20). The summed E-state index contributed by atoms with van der Waals surface area (Å²) in [5.41, 5.74) is 2.34. The molecule has 6 nitrogen and oxygen atoms in total. The summed E-state index contributed by atoms with van der Waals surface area (Å²) in [6.45, 7) is 0.961. The molecule has 1 fully saturated rings. The van der Waals surface area contributed by atoms with Crippen LogP contribution in [0, 0.1) is 5.92 Å². The average molecular weight is 299 g/mol. The maximum absolute atomic E-state index is 11.9. The summed E-state index contributed by atoms with van der Waals surface area (Å²) in [7, 11) is 1.72. The first-order chi connectivity index (χ1) is 10.8. The van der Waals surface area contributed by atoms with E-state index >= 15 is 0 Å². The smallest absolute Gasteiger partial charge is 0.222 e. The zero-order valence-corrected chi connectivity index (χ0v) is 12.8. The molecule has 2 aliphatic rings. The number of amides is 1. The first-order valence-corrected chi connectivity index (χ1v) is 8.08. The molecule has 2 aromatic rings. The van der Waals surface area contributed by atoms with Crippen LogP contribution < -0.4 is 10.6 Å². The number of hydrogen-bond donors (Lipinski definition) is 2. The number of aromatic nitrogens is 3. The van der Waals surface area contributed by atoms with Crippen LogP contribution in [-0.2, 0) is 11.2 Å². The number of hydrogen-bond acceptors (Lipinski definition) is 4. The third kappa shape index (κ3) is 2.05. The van der Waals surface area contributed by atoms with Gasteiger partial charge in [-0.1, -0.05) is 0 Å². The van der Waals surface area contributed by atoms with Crippen molar-refractivity contribution in [3.63, 3.8) is 0 Å². The Morgan fingerprint density at radius 3 is 3.18 bits per heavy atom. The predicted octanol–water partition coefficient (Wildman–Crippen LogP) is 1.88. The molecule has 2 unspecified atom stereocenters. The molecule has 1 saturated carbocycles. The van der Waals surface area contributed by atoms with Gasteiger partial charge >= 0.3 is 0 Å². The van der Waals surface area contributed by atoms with Crippen LogP contribution in [0.3, 0.4) is 0 Å².